The van der Waals surface area contributed by atoms with Gasteiger partial charge < -0.3 is 9.52 Å². The first kappa shape index (κ1) is 17.3. The van der Waals surface area contributed by atoms with E-state index in [-0.39, 0.29) is 11.3 Å². The number of Topliss-reactive ketones (excluding diaryl/α,β-unsaturated/α-hetero) is 1. The Bertz CT molecular complexity index is 1020. The monoisotopic (exact) mass is 423 g/mol. The van der Waals surface area contributed by atoms with Gasteiger partial charge in [-0.05, 0) is 42.0 Å². The maximum atomic E-state index is 13.0. The highest BCUT2D eigenvalue weighted by Gasteiger charge is 2.45. The maximum absolute atomic E-state index is 13.0. The van der Waals surface area contributed by atoms with Gasteiger partial charge in [0.25, 0.3) is 5.91 Å². The van der Waals surface area contributed by atoms with Gasteiger partial charge in [0.15, 0.2) is 11.5 Å². The average molecular weight is 424 g/mol. The van der Waals surface area contributed by atoms with E-state index in [4.69, 9.17) is 4.42 Å². The molecule has 0 bridgehead atoms. The van der Waals surface area contributed by atoms with Crippen LogP contribution in [0.3, 0.4) is 0 Å². The molecule has 0 saturated heterocycles. The van der Waals surface area contributed by atoms with Crippen molar-refractivity contribution < 1.29 is 19.1 Å². The molecule has 0 radical (unpaired) electrons. The number of benzene rings is 2. The summed E-state index contributed by atoms with van der Waals surface area (Å²) in [7, 11) is 0. The third-order valence-electron chi connectivity index (χ3n) is 4.42. The number of anilines is 1. The zero-order valence-corrected chi connectivity index (χ0v) is 15.6. The smallest absolute Gasteiger partial charge is 0.294 e. The summed E-state index contributed by atoms with van der Waals surface area (Å²) in [5.41, 5.74) is 1.29. The lowest BCUT2D eigenvalue weighted by atomic mass is 9.95. The predicted molar refractivity (Wildman–Crippen MR) is 104 cm³/mol. The lowest BCUT2D eigenvalue weighted by Gasteiger charge is -2.26. The molecule has 27 heavy (non-hydrogen) atoms. The molecule has 6 heteroatoms. The zero-order chi connectivity index (χ0) is 19.0. The highest BCUT2D eigenvalue weighted by molar-refractivity contribution is 9.10. The normalized spacial score (nSPS) is 16.9. The number of rotatable bonds is 4. The van der Waals surface area contributed by atoms with Gasteiger partial charge in [-0.2, -0.15) is 0 Å². The minimum atomic E-state index is -0.752. The average Bonchev–Trinajstić information content (AvgIpc) is 3.31. The predicted octanol–water partition coefficient (Wildman–Crippen LogP) is 4.83. The Balaban J connectivity index is 1.87. The van der Waals surface area contributed by atoms with E-state index < -0.39 is 23.5 Å². The summed E-state index contributed by atoms with van der Waals surface area (Å²) in [4.78, 5) is 27.3. The van der Waals surface area contributed by atoms with Crippen molar-refractivity contribution in [2.75, 3.05) is 4.90 Å². The number of carbonyl (C=O) groups excluding carboxylic acids is 2. The standard InChI is InChI=1S/C21H14BrNO4/c22-14-8-10-15(11-9-14)23-18(13-5-2-1-3-6-13)17(20(25)21(23)26)19(24)16-7-4-12-27-16/h1-12,18,25H. The van der Waals surface area contributed by atoms with E-state index >= 15 is 0 Å². The van der Waals surface area contributed by atoms with Crippen LogP contribution in [-0.2, 0) is 4.79 Å². The second-order valence-electron chi connectivity index (χ2n) is 6.03. The third-order valence-corrected chi connectivity index (χ3v) is 4.95. The molecular formula is C21H14BrNO4. The van der Waals surface area contributed by atoms with Crippen LogP contribution in [0.25, 0.3) is 0 Å². The second kappa shape index (κ2) is 6.89. The van der Waals surface area contributed by atoms with E-state index in [2.05, 4.69) is 15.9 Å². The topological polar surface area (TPSA) is 70.8 Å². The summed E-state index contributed by atoms with van der Waals surface area (Å²) in [6, 6.07) is 18.6. The Morgan fingerprint density at radius 2 is 1.70 bits per heavy atom. The molecule has 134 valence electrons. The number of aliphatic hydroxyl groups is 1. The van der Waals surface area contributed by atoms with Crippen molar-refractivity contribution in [3.63, 3.8) is 0 Å². The molecule has 0 aliphatic carbocycles. The molecule has 2 heterocycles. The van der Waals surface area contributed by atoms with Crippen LogP contribution in [-0.4, -0.2) is 16.8 Å². The van der Waals surface area contributed by atoms with Gasteiger partial charge in [0.1, 0.15) is 0 Å². The molecule has 0 fully saturated rings. The van der Waals surface area contributed by atoms with E-state index in [0.29, 0.717) is 11.3 Å². The maximum Gasteiger partial charge on any atom is 0.294 e. The highest BCUT2D eigenvalue weighted by Crippen LogP contribution is 2.42. The third kappa shape index (κ3) is 2.98. The van der Waals surface area contributed by atoms with Crippen LogP contribution in [0.2, 0.25) is 0 Å². The molecule has 1 N–H and O–H groups in total. The van der Waals surface area contributed by atoms with Gasteiger partial charge in [-0.15, -0.1) is 0 Å². The number of halogens is 1. The zero-order valence-electron chi connectivity index (χ0n) is 14.0. The van der Waals surface area contributed by atoms with Crippen molar-refractivity contribution in [1.82, 2.24) is 0 Å². The molecule has 1 aliphatic heterocycles. The van der Waals surface area contributed by atoms with E-state index in [1.54, 1.807) is 30.3 Å². The van der Waals surface area contributed by atoms with E-state index in [1.165, 1.54) is 17.2 Å². The highest BCUT2D eigenvalue weighted by atomic mass is 79.9. The number of ketones is 1. The first-order valence-corrected chi connectivity index (χ1v) is 9.02. The Morgan fingerprint density at radius 1 is 1.00 bits per heavy atom. The Kier molecular flexibility index (Phi) is 4.41. The van der Waals surface area contributed by atoms with Crippen molar-refractivity contribution in [3.8, 4) is 0 Å². The van der Waals surface area contributed by atoms with Gasteiger partial charge in [0.05, 0.1) is 17.9 Å². The van der Waals surface area contributed by atoms with Gasteiger partial charge in [0, 0.05) is 10.2 Å². The molecule has 1 amide bonds. The fourth-order valence-corrected chi connectivity index (χ4v) is 3.46. The van der Waals surface area contributed by atoms with Crippen molar-refractivity contribution in [3.05, 3.63) is 100 Å². The Labute approximate surface area is 163 Å². The SMILES string of the molecule is O=C(C1=C(O)C(=O)N(c2ccc(Br)cc2)C1c1ccccc1)c1ccco1. The van der Waals surface area contributed by atoms with Gasteiger partial charge in [-0.25, -0.2) is 0 Å². The van der Waals surface area contributed by atoms with Gasteiger partial charge >= 0.3 is 0 Å². The quantitative estimate of drug-likeness (QED) is 0.610. The molecule has 3 aromatic rings. The van der Waals surface area contributed by atoms with E-state index in [9.17, 15) is 14.7 Å². The fraction of sp³-hybridized carbons (Fsp3) is 0.0476. The van der Waals surface area contributed by atoms with Crippen LogP contribution < -0.4 is 4.90 Å². The van der Waals surface area contributed by atoms with Crippen molar-refractivity contribution in [1.29, 1.82) is 0 Å². The first-order chi connectivity index (χ1) is 13.1. The molecule has 0 spiro atoms. The molecule has 1 aliphatic rings. The summed E-state index contributed by atoms with van der Waals surface area (Å²) in [5.74, 6) is -1.63. The van der Waals surface area contributed by atoms with Crippen LogP contribution >= 0.6 is 15.9 Å². The van der Waals surface area contributed by atoms with Gasteiger partial charge in [-0.3, -0.25) is 14.5 Å². The number of aliphatic hydroxyl groups excluding tert-OH is 1. The number of nitrogens with zero attached hydrogens (tertiary/aromatic N) is 1. The molecule has 4 rings (SSSR count). The number of furan rings is 1. The summed E-state index contributed by atoms with van der Waals surface area (Å²) in [6.45, 7) is 0. The lowest BCUT2D eigenvalue weighted by molar-refractivity contribution is -0.117. The number of hydrogen-bond donors (Lipinski definition) is 1. The van der Waals surface area contributed by atoms with Crippen molar-refractivity contribution >= 4 is 33.3 Å². The minimum absolute atomic E-state index is 0.00377. The van der Waals surface area contributed by atoms with Gasteiger partial charge in [-0.1, -0.05) is 46.3 Å². The molecule has 1 aromatic heterocycles. The molecular weight excluding hydrogens is 410 g/mol. The summed E-state index contributed by atoms with van der Waals surface area (Å²) in [6.07, 6.45) is 1.38. The Hall–Kier alpha value is -3.12. The number of hydrogen-bond acceptors (Lipinski definition) is 4. The van der Waals surface area contributed by atoms with E-state index in [0.717, 1.165) is 4.47 Å². The number of amides is 1. The molecule has 0 saturated carbocycles. The molecule has 1 atom stereocenters. The van der Waals surface area contributed by atoms with Crippen molar-refractivity contribution in [2.45, 2.75) is 6.04 Å². The van der Waals surface area contributed by atoms with Crippen LogP contribution in [0.15, 0.2) is 93.2 Å². The van der Waals surface area contributed by atoms with Crippen LogP contribution in [0.4, 0.5) is 5.69 Å². The largest absolute Gasteiger partial charge is 0.503 e. The van der Waals surface area contributed by atoms with Crippen LogP contribution in [0.5, 0.6) is 0 Å². The lowest BCUT2D eigenvalue weighted by Crippen LogP contribution is -2.31. The second-order valence-corrected chi connectivity index (χ2v) is 6.95. The van der Waals surface area contributed by atoms with Crippen molar-refractivity contribution in [2.24, 2.45) is 0 Å². The van der Waals surface area contributed by atoms with E-state index in [1.807, 2.05) is 30.3 Å². The van der Waals surface area contributed by atoms with Crippen LogP contribution in [0.1, 0.15) is 22.2 Å². The molecule has 5 nitrogen and oxygen atoms in total. The van der Waals surface area contributed by atoms with Crippen LogP contribution in [0, 0.1) is 0 Å². The molecule has 1 unspecified atom stereocenters. The summed E-state index contributed by atoms with van der Waals surface area (Å²) >= 11 is 3.37. The molecule has 2 aromatic carbocycles. The minimum Gasteiger partial charge on any atom is -0.503 e. The number of carbonyl (C=O) groups is 2. The summed E-state index contributed by atoms with van der Waals surface area (Å²) in [5, 5.41) is 10.6. The Morgan fingerprint density at radius 3 is 2.33 bits per heavy atom. The van der Waals surface area contributed by atoms with Gasteiger partial charge in [0.2, 0.25) is 5.78 Å². The summed E-state index contributed by atoms with van der Waals surface area (Å²) < 4.78 is 6.06. The first-order valence-electron chi connectivity index (χ1n) is 8.23. The fourth-order valence-electron chi connectivity index (χ4n) is 3.20.